The standard InChI is InChI=1S/C17H25FN2/c1-14-10-16(18)5-4-15(14)11-20-9-3-7-17(13-20)6-2-8-19-12-17/h4-5,10,19H,2-3,6-9,11-13H2,1H3. The molecule has 20 heavy (non-hydrogen) atoms. The van der Waals surface area contributed by atoms with Crippen LogP contribution >= 0.6 is 0 Å². The average Bonchev–Trinajstić information content (AvgIpc) is 2.43. The lowest BCUT2D eigenvalue weighted by atomic mass is 9.74. The molecular weight excluding hydrogens is 251 g/mol. The van der Waals surface area contributed by atoms with E-state index >= 15 is 0 Å². The Morgan fingerprint density at radius 2 is 2.15 bits per heavy atom. The first-order valence-corrected chi connectivity index (χ1v) is 7.85. The monoisotopic (exact) mass is 276 g/mol. The fraction of sp³-hybridized carbons (Fsp3) is 0.647. The number of benzene rings is 1. The van der Waals surface area contributed by atoms with Gasteiger partial charge in [0.05, 0.1) is 0 Å². The Balaban J connectivity index is 1.68. The van der Waals surface area contributed by atoms with Gasteiger partial charge in [0.15, 0.2) is 0 Å². The van der Waals surface area contributed by atoms with Gasteiger partial charge >= 0.3 is 0 Å². The van der Waals surface area contributed by atoms with Crippen molar-refractivity contribution in [3.05, 3.63) is 35.1 Å². The summed E-state index contributed by atoms with van der Waals surface area (Å²) in [6.45, 7) is 7.70. The predicted octanol–water partition coefficient (Wildman–Crippen LogP) is 3.10. The Bertz CT molecular complexity index is 461. The first-order chi connectivity index (χ1) is 9.67. The van der Waals surface area contributed by atoms with Crippen LogP contribution in [-0.4, -0.2) is 31.1 Å². The molecule has 0 aliphatic carbocycles. The zero-order chi connectivity index (χ0) is 14.0. The van der Waals surface area contributed by atoms with Gasteiger partial charge in [-0.15, -0.1) is 0 Å². The largest absolute Gasteiger partial charge is 0.316 e. The fourth-order valence-corrected chi connectivity index (χ4v) is 3.90. The summed E-state index contributed by atoms with van der Waals surface area (Å²) in [6.07, 6.45) is 5.32. The molecule has 1 aromatic rings. The Hall–Kier alpha value is -0.930. The minimum absolute atomic E-state index is 0.127. The van der Waals surface area contributed by atoms with Crippen molar-refractivity contribution in [2.45, 2.75) is 39.2 Å². The van der Waals surface area contributed by atoms with Crippen molar-refractivity contribution in [2.75, 3.05) is 26.2 Å². The molecule has 0 aromatic heterocycles. The van der Waals surface area contributed by atoms with Gasteiger partial charge in [-0.05, 0) is 74.4 Å². The molecule has 2 aliphatic rings. The van der Waals surface area contributed by atoms with Crippen LogP contribution in [0.25, 0.3) is 0 Å². The molecule has 1 atom stereocenters. The number of aryl methyl sites for hydroxylation is 1. The molecule has 1 spiro atoms. The van der Waals surface area contributed by atoms with Crippen LogP contribution in [0.5, 0.6) is 0 Å². The van der Waals surface area contributed by atoms with Gasteiger partial charge in [0, 0.05) is 19.6 Å². The minimum atomic E-state index is -0.127. The lowest BCUT2D eigenvalue weighted by Gasteiger charge is -2.45. The van der Waals surface area contributed by atoms with Crippen molar-refractivity contribution in [3.8, 4) is 0 Å². The van der Waals surface area contributed by atoms with Crippen LogP contribution in [0, 0.1) is 18.2 Å². The smallest absolute Gasteiger partial charge is 0.123 e. The molecule has 3 heteroatoms. The summed E-state index contributed by atoms with van der Waals surface area (Å²) < 4.78 is 13.2. The maximum Gasteiger partial charge on any atom is 0.123 e. The quantitative estimate of drug-likeness (QED) is 0.893. The maximum atomic E-state index is 13.2. The summed E-state index contributed by atoms with van der Waals surface area (Å²) in [5.74, 6) is -0.127. The van der Waals surface area contributed by atoms with Gasteiger partial charge in [-0.2, -0.15) is 0 Å². The van der Waals surface area contributed by atoms with E-state index in [1.165, 1.54) is 57.4 Å². The van der Waals surface area contributed by atoms with Gasteiger partial charge in [-0.1, -0.05) is 6.07 Å². The Kier molecular flexibility index (Phi) is 4.08. The number of halogens is 1. The molecule has 1 N–H and O–H groups in total. The molecular formula is C17H25FN2. The van der Waals surface area contributed by atoms with E-state index in [2.05, 4.69) is 10.2 Å². The first-order valence-electron chi connectivity index (χ1n) is 7.85. The highest BCUT2D eigenvalue weighted by molar-refractivity contribution is 5.26. The number of hydrogen-bond donors (Lipinski definition) is 1. The van der Waals surface area contributed by atoms with E-state index in [4.69, 9.17) is 0 Å². The van der Waals surface area contributed by atoms with E-state index in [0.29, 0.717) is 5.41 Å². The summed E-state index contributed by atoms with van der Waals surface area (Å²) in [7, 11) is 0. The molecule has 0 saturated carbocycles. The van der Waals surface area contributed by atoms with Crippen molar-refractivity contribution in [1.82, 2.24) is 10.2 Å². The lowest BCUT2D eigenvalue weighted by molar-refractivity contribution is 0.0599. The summed E-state index contributed by atoms with van der Waals surface area (Å²) in [6, 6.07) is 5.19. The molecule has 1 unspecified atom stereocenters. The number of hydrogen-bond acceptors (Lipinski definition) is 2. The summed E-state index contributed by atoms with van der Waals surface area (Å²) in [5.41, 5.74) is 2.84. The van der Waals surface area contributed by atoms with E-state index in [0.717, 1.165) is 12.1 Å². The first kappa shape index (κ1) is 14.0. The Labute approximate surface area is 121 Å². The zero-order valence-electron chi connectivity index (χ0n) is 12.4. The zero-order valence-corrected chi connectivity index (χ0v) is 12.4. The summed E-state index contributed by atoms with van der Waals surface area (Å²) >= 11 is 0. The summed E-state index contributed by atoms with van der Waals surface area (Å²) in [5, 5.41) is 3.57. The van der Waals surface area contributed by atoms with Gasteiger partial charge in [-0.25, -0.2) is 4.39 Å². The van der Waals surface area contributed by atoms with Crippen LogP contribution in [0.4, 0.5) is 4.39 Å². The molecule has 1 aromatic carbocycles. The maximum absolute atomic E-state index is 13.2. The van der Waals surface area contributed by atoms with Gasteiger partial charge in [0.2, 0.25) is 0 Å². The molecule has 2 fully saturated rings. The van der Waals surface area contributed by atoms with Crippen molar-refractivity contribution in [1.29, 1.82) is 0 Å². The number of nitrogens with one attached hydrogen (secondary N) is 1. The third kappa shape index (κ3) is 3.04. The second-order valence-corrected chi connectivity index (χ2v) is 6.67. The van der Waals surface area contributed by atoms with E-state index in [-0.39, 0.29) is 5.82 Å². The van der Waals surface area contributed by atoms with E-state index < -0.39 is 0 Å². The molecule has 2 nitrogen and oxygen atoms in total. The van der Waals surface area contributed by atoms with Crippen LogP contribution in [-0.2, 0) is 6.54 Å². The van der Waals surface area contributed by atoms with Gasteiger partial charge in [0.25, 0.3) is 0 Å². The highest BCUT2D eigenvalue weighted by Gasteiger charge is 2.36. The Morgan fingerprint density at radius 3 is 2.90 bits per heavy atom. The van der Waals surface area contributed by atoms with E-state index in [1.807, 2.05) is 13.0 Å². The highest BCUT2D eigenvalue weighted by Crippen LogP contribution is 2.36. The second-order valence-electron chi connectivity index (χ2n) is 6.67. The third-order valence-electron chi connectivity index (χ3n) is 5.00. The molecule has 0 radical (unpaired) electrons. The molecule has 0 bridgehead atoms. The molecule has 2 saturated heterocycles. The molecule has 3 rings (SSSR count). The van der Waals surface area contributed by atoms with Crippen molar-refractivity contribution in [2.24, 2.45) is 5.41 Å². The van der Waals surface area contributed by atoms with Crippen molar-refractivity contribution in [3.63, 3.8) is 0 Å². The topological polar surface area (TPSA) is 15.3 Å². The number of likely N-dealkylation sites (tertiary alicyclic amines) is 1. The van der Waals surface area contributed by atoms with Crippen molar-refractivity contribution >= 4 is 0 Å². The molecule has 2 aliphatic heterocycles. The summed E-state index contributed by atoms with van der Waals surface area (Å²) in [4.78, 5) is 2.57. The third-order valence-corrected chi connectivity index (χ3v) is 5.00. The van der Waals surface area contributed by atoms with E-state index in [1.54, 1.807) is 12.1 Å². The second kappa shape index (κ2) is 5.82. The molecule has 110 valence electrons. The number of rotatable bonds is 2. The number of piperidine rings is 2. The number of nitrogens with zero attached hydrogens (tertiary/aromatic N) is 1. The average molecular weight is 276 g/mol. The van der Waals surface area contributed by atoms with Crippen LogP contribution in [0.1, 0.15) is 36.8 Å². The van der Waals surface area contributed by atoms with Crippen LogP contribution in [0.3, 0.4) is 0 Å². The fourth-order valence-electron chi connectivity index (χ4n) is 3.90. The van der Waals surface area contributed by atoms with Crippen LogP contribution in [0.15, 0.2) is 18.2 Å². The van der Waals surface area contributed by atoms with E-state index in [9.17, 15) is 4.39 Å². The Morgan fingerprint density at radius 1 is 1.30 bits per heavy atom. The normalized spacial score (nSPS) is 27.9. The van der Waals surface area contributed by atoms with Crippen molar-refractivity contribution < 1.29 is 4.39 Å². The van der Waals surface area contributed by atoms with Gasteiger partial charge in [-0.3, -0.25) is 4.90 Å². The minimum Gasteiger partial charge on any atom is -0.316 e. The lowest BCUT2D eigenvalue weighted by Crippen LogP contribution is -2.50. The molecule has 0 amide bonds. The van der Waals surface area contributed by atoms with Gasteiger partial charge < -0.3 is 5.32 Å². The van der Waals surface area contributed by atoms with Crippen LogP contribution < -0.4 is 5.32 Å². The molecule has 2 heterocycles. The van der Waals surface area contributed by atoms with Crippen LogP contribution in [0.2, 0.25) is 0 Å². The predicted molar refractivity (Wildman–Crippen MR) is 80.2 cm³/mol. The highest BCUT2D eigenvalue weighted by atomic mass is 19.1. The SMILES string of the molecule is Cc1cc(F)ccc1CN1CCCC2(CCCNC2)C1. The van der Waals surface area contributed by atoms with Gasteiger partial charge in [0.1, 0.15) is 5.82 Å².